The highest BCUT2D eigenvalue weighted by Gasteiger charge is 2.06. The molecule has 0 bridgehead atoms. The fourth-order valence-corrected chi connectivity index (χ4v) is 0.760. The Morgan fingerprint density at radius 3 is 2.83 bits per heavy atom. The van der Waals surface area contributed by atoms with Crippen LogP contribution >= 0.6 is 0 Å². The van der Waals surface area contributed by atoms with Crippen molar-refractivity contribution in [3.8, 4) is 12.3 Å². The predicted molar refractivity (Wildman–Crippen MR) is 41.3 cm³/mol. The van der Waals surface area contributed by atoms with Crippen molar-refractivity contribution in [3.05, 3.63) is 23.8 Å². The Labute approximate surface area is 69.3 Å². The molecule has 0 spiro atoms. The molecule has 0 radical (unpaired) electrons. The van der Waals surface area contributed by atoms with Crippen molar-refractivity contribution in [2.75, 3.05) is 0 Å². The van der Waals surface area contributed by atoms with E-state index in [-0.39, 0.29) is 6.42 Å². The van der Waals surface area contributed by atoms with E-state index in [1.807, 2.05) is 0 Å². The van der Waals surface area contributed by atoms with Gasteiger partial charge >= 0.3 is 5.97 Å². The number of terminal acetylenes is 1. The smallest absolute Gasteiger partial charge is 0.309 e. The van der Waals surface area contributed by atoms with Gasteiger partial charge in [-0.25, -0.2) is 4.98 Å². The van der Waals surface area contributed by atoms with Crippen LogP contribution in [-0.2, 0) is 11.2 Å². The minimum atomic E-state index is -0.966. The van der Waals surface area contributed by atoms with Crippen molar-refractivity contribution in [2.45, 2.75) is 6.42 Å². The molecule has 0 unspecified atom stereocenters. The van der Waals surface area contributed by atoms with Gasteiger partial charge in [-0.2, -0.15) is 0 Å². The average Bonchev–Trinajstić information content (AvgIpc) is 2.04. The van der Waals surface area contributed by atoms with E-state index in [9.17, 15) is 4.79 Å². The summed E-state index contributed by atoms with van der Waals surface area (Å²) in [5.41, 5.74) is 0.618. The van der Waals surface area contributed by atoms with Crippen LogP contribution in [0.5, 0.6) is 0 Å². The number of rotatable bonds is 2. The summed E-state index contributed by atoms with van der Waals surface area (Å²) in [6.45, 7) is 0. The first-order valence-corrected chi connectivity index (χ1v) is 3.22. The lowest BCUT2D eigenvalue weighted by molar-refractivity contribution is -0.136. The summed E-state index contributed by atoms with van der Waals surface area (Å²) in [6, 6.07) is 0. The topological polar surface area (TPSA) is 63.1 Å². The second kappa shape index (κ2) is 3.49. The van der Waals surface area contributed by atoms with Gasteiger partial charge in [0, 0.05) is 12.4 Å². The molecule has 4 heteroatoms. The fourth-order valence-electron chi connectivity index (χ4n) is 0.760. The van der Waals surface area contributed by atoms with Crippen LogP contribution in [0.3, 0.4) is 0 Å². The van der Waals surface area contributed by atoms with Gasteiger partial charge in [0.2, 0.25) is 0 Å². The van der Waals surface area contributed by atoms with Crippen LogP contribution < -0.4 is 0 Å². The molecule has 0 atom stereocenters. The van der Waals surface area contributed by atoms with Gasteiger partial charge in [-0.1, -0.05) is 0 Å². The summed E-state index contributed by atoms with van der Waals surface area (Å²) in [7, 11) is 0. The predicted octanol–water partition coefficient (Wildman–Crippen LogP) is 0.0850. The van der Waals surface area contributed by atoms with E-state index in [1.54, 1.807) is 0 Å². The lowest BCUT2D eigenvalue weighted by Crippen LogP contribution is -2.05. The Morgan fingerprint density at radius 1 is 1.58 bits per heavy atom. The molecule has 0 amide bonds. The van der Waals surface area contributed by atoms with E-state index in [2.05, 4.69) is 15.9 Å². The van der Waals surface area contributed by atoms with E-state index < -0.39 is 5.97 Å². The maximum Gasteiger partial charge on any atom is 0.309 e. The number of carboxylic acid groups (broad SMARTS) is 1. The molecule has 12 heavy (non-hydrogen) atoms. The second-order valence-electron chi connectivity index (χ2n) is 2.07. The van der Waals surface area contributed by atoms with E-state index in [1.165, 1.54) is 12.4 Å². The molecular weight excluding hydrogens is 156 g/mol. The van der Waals surface area contributed by atoms with Gasteiger partial charge in [0.15, 0.2) is 0 Å². The minimum absolute atomic E-state index is 0.187. The van der Waals surface area contributed by atoms with Crippen LogP contribution in [-0.4, -0.2) is 21.0 Å². The first-order chi connectivity index (χ1) is 5.74. The number of carboxylic acids is 1. The molecule has 1 heterocycles. The highest BCUT2D eigenvalue weighted by atomic mass is 16.4. The Kier molecular flexibility index (Phi) is 2.38. The van der Waals surface area contributed by atoms with Crippen LogP contribution in [0.4, 0.5) is 0 Å². The van der Waals surface area contributed by atoms with Gasteiger partial charge in [0.25, 0.3) is 0 Å². The monoisotopic (exact) mass is 162 g/mol. The summed E-state index contributed by atoms with van der Waals surface area (Å²) in [4.78, 5) is 17.9. The Morgan fingerprint density at radius 2 is 2.25 bits per heavy atom. The highest BCUT2D eigenvalue weighted by molar-refractivity contribution is 5.70. The van der Waals surface area contributed by atoms with Gasteiger partial charge in [0.1, 0.15) is 5.69 Å². The molecule has 0 aliphatic heterocycles. The van der Waals surface area contributed by atoms with Crippen molar-refractivity contribution in [2.24, 2.45) is 0 Å². The van der Waals surface area contributed by atoms with Gasteiger partial charge in [-0.05, 0) is 5.92 Å². The molecule has 1 rings (SSSR count). The third kappa shape index (κ3) is 1.80. The van der Waals surface area contributed by atoms with Crippen LogP contribution in [0.25, 0.3) is 0 Å². The molecule has 0 aromatic carbocycles. The van der Waals surface area contributed by atoms with Crippen LogP contribution in [0, 0.1) is 12.3 Å². The lowest BCUT2D eigenvalue weighted by atomic mass is 10.2. The summed E-state index contributed by atoms with van der Waals surface area (Å²) in [6.07, 6.45) is 7.74. The SMILES string of the molecule is C#Cc1nccnc1CC(=O)O. The number of hydrogen-bond acceptors (Lipinski definition) is 3. The molecule has 0 saturated carbocycles. The third-order valence-electron chi connectivity index (χ3n) is 1.23. The maximum absolute atomic E-state index is 10.3. The quantitative estimate of drug-likeness (QED) is 0.626. The summed E-state index contributed by atoms with van der Waals surface area (Å²) >= 11 is 0. The van der Waals surface area contributed by atoms with Crippen LogP contribution in [0.15, 0.2) is 12.4 Å². The van der Waals surface area contributed by atoms with Crippen molar-refractivity contribution in [1.82, 2.24) is 9.97 Å². The van der Waals surface area contributed by atoms with E-state index in [0.29, 0.717) is 11.4 Å². The van der Waals surface area contributed by atoms with Crippen LogP contribution in [0.1, 0.15) is 11.4 Å². The molecular formula is C8H6N2O2. The number of hydrogen-bond donors (Lipinski definition) is 1. The van der Waals surface area contributed by atoms with Gasteiger partial charge < -0.3 is 5.11 Å². The highest BCUT2D eigenvalue weighted by Crippen LogP contribution is 1.99. The molecule has 1 aromatic rings. The normalized spacial score (nSPS) is 8.92. The maximum atomic E-state index is 10.3. The van der Waals surface area contributed by atoms with Crippen molar-refractivity contribution in [1.29, 1.82) is 0 Å². The summed E-state index contributed by atoms with van der Waals surface area (Å²) < 4.78 is 0. The van der Waals surface area contributed by atoms with Crippen molar-refractivity contribution in [3.63, 3.8) is 0 Å². The molecule has 1 N–H and O–H groups in total. The van der Waals surface area contributed by atoms with Crippen molar-refractivity contribution >= 4 is 5.97 Å². The zero-order valence-electron chi connectivity index (χ0n) is 6.19. The second-order valence-corrected chi connectivity index (χ2v) is 2.07. The molecule has 0 aliphatic rings. The lowest BCUT2D eigenvalue weighted by Gasteiger charge is -1.96. The number of aliphatic carboxylic acids is 1. The Bertz CT molecular complexity index is 341. The fraction of sp³-hybridized carbons (Fsp3) is 0.125. The molecule has 0 aliphatic carbocycles. The van der Waals surface area contributed by atoms with Gasteiger partial charge in [-0.3, -0.25) is 9.78 Å². The molecule has 60 valence electrons. The third-order valence-corrected chi connectivity index (χ3v) is 1.23. The zero-order valence-corrected chi connectivity index (χ0v) is 6.19. The average molecular weight is 162 g/mol. The number of nitrogens with zero attached hydrogens (tertiary/aromatic N) is 2. The van der Waals surface area contributed by atoms with Gasteiger partial charge in [-0.15, -0.1) is 6.42 Å². The number of aromatic nitrogens is 2. The zero-order chi connectivity index (χ0) is 8.97. The van der Waals surface area contributed by atoms with Gasteiger partial charge in [0.05, 0.1) is 12.1 Å². The summed E-state index contributed by atoms with van der Waals surface area (Å²) in [5, 5.41) is 8.45. The van der Waals surface area contributed by atoms with E-state index in [4.69, 9.17) is 11.5 Å². The van der Waals surface area contributed by atoms with Crippen LogP contribution in [0.2, 0.25) is 0 Å². The van der Waals surface area contributed by atoms with E-state index >= 15 is 0 Å². The number of carbonyl (C=O) groups is 1. The molecule has 0 saturated heterocycles. The Balaban J connectivity index is 2.99. The van der Waals surface area contributed by atoms with Crippen molar-refractivity contribution < 1.29 is 9.90 Å². The molecule has 0 fully saturated rings. The largest absolute Gasteiger partial charge is 0.481 e. The van der Waals surface area contributed by atoms with E-state index in [0.717, 1.165) is 0 Å². The molecule has 1 aromatic heterocycles. The summed E-state index contributed by atoms with van der Waals surface area (Å²) in [5.74, 6) is 1.30. The first kappa shape index (κ1) is 8.21. The molecule has 4 nitrogen and oxygen atoms in total. The minimum Gasteiger partial charge on any atom is -0.481 e. The first-order valence-electron chi connectivity index (χ1n) is 3.22. The standard InChI is InChI=1S/C8H6N2O2/c1-2-6-7(5-8(11)12)10-4-3-9-6/h1,3-4H,5H2,(H,11,12). The Hall–Kier alpha value is -1.89.